The molecule has 0 saturated heterocycles. The Kier molecular flexibility index (Phi) is 3.44. The zero-order valence-corrected chi connectivity index (χ0v) is 14.0. The van der Waals surface area contributed by atoms with E-state index in [0.29, 0.717) is 17.9 Å². The molecule has 4 rings (SSSR count). The number of ether oxygens (including phenoxy) is 5. The largest absolute Gasteiger partial charge is 0.496 e. The molecule has 2 aromatic carbocycles. The molecule has 0 N–H and O–H groups in total. The monoisotopic (exact) mass is 328 g/mol. The maximum absolute atomic E-state index is 6.33. The van der Waals surface area contributed by atoms with Crippen LogP contribution in [-0.2, 0) is 12.8 Å². The molecule has 1 spiro atoms. The summed E-state index contributed by atoms with van der Waals surface area (Å²) < 4.78 is 29.0. The first-order valence-corrected chi connectivity index (χ1v) is 7.97. The van der Waals surface area contributed by atoms with E-state index in [0.717, 1.165) is 41.2 Å². The molecule has 5 nitrogen and oxygen atoms in total. The van der Waals surface area contributed by atoms with Crippen LogP contribution >= 0.6 is 0 Å². The number of benzene rings is 2. The summed E-state index contributed by atoms with van der Waals surface area (Å²) in [5, 5.41) is 0. The van der Waals surface area contributed by atoms with E-state index in [2.05, 4.69) is 6.07 Å². The molecule has 2 heterocycles. The lowest BCUT2D eigenvalue weighted by atomic mass is 9.95. The van der Waals surface area contributed by atoms with E-state index in [9.17, 15) is 0 Å². The summed E-state index contributed by atoms with van der Waals surface area (Å²) in [5.74, 6) is 2.93. The summed E-state index contributed by atoms with van der Waals surface area (Å²) in [7, 11) is 4.94. The van der Waals surface area contributed by atoms with Gasteiger partial charge in [-0.2, -0.15) is 0 Å². The molecule has 1 atom stereocenters. The van der Waals surface area contributed by atoms with E-state index in [4.69, 9.17) is 23.7 Å². The highest BCUT2D eigenvalue weighted by Gasteiger charge is 2.47. The summed E-state index contributed by atoms with van der Waals surface area (Å²) >= 11 is 0. The minimum atomic E-state index is -0.744. The van der Waals surface area contributed by atoms with E-state index in [-0.39, 0.29) is 0 Å². The van der Waals surface area contributed by atoms with Crippen LogP contribution in [0.15, 0.2) is 30.3 Å². The minimum absolute atomic E-state index is 0.611. The summed E-state index contributed by atoms with van der Waals surface area (Å²) in [6, 6.07) is 9.70. The van der Waals surface area contributed by atoms with Crippen molar-refractivity contribution in [2.45, 2.75) is 25.0 Å². The lowest BCUT2D eigenvalue weighted by Gasteiger charge is -2.35. The van der Waals surface area contributed by atoms with Crippen LogP contribution in [0.1, 0.15) is 17.5 Å². The van der Waals surface area contributed by atoms with Crippen LogP contribution in [-0.4, -0.2) is 27.1 Å². The molecular weight excluding hydrogens is 308 g/mol. The molecule has 126 valence electrons. The van der Waals surface area contributed by atoms with Crippen LogP contribution in [0.3, 0.4) is 0 Å². The van der Waals surface area contributed by atoms with Crippen molar-refractivity contribution in [2.24, 2.45) is 0 Å². The topological polar surface area (TPSA) is 46.2 Å². The number of aryl methyl sites for hydroxylation is 1. The molecule has 0 fully saturated rings. The Morgan fingerprint density at radius 2 is 1.50 bits per heavy atom. The number of hydrogen-bond acceptors (Lipinski definition) is 5. The van der Waals surface area contributed by atoms with E-state index in [1.54, 1.807) is 21.3 Å². The average molecular weight is 328 g/mol. The van der Waals surface area contributed by atoms with E-state index in [1.165, 1.54) is 0 Å². The molecule has 1 unspecified atom stereocenters. The Hall–Kier alpha value is -2.56. The van der Waals surface area contributed by atoms with Gasteiger partial charge in [0.25, 0.3) is 5.79 Å². The molecule has 24 heavy (non-hydrogen) atoms. The van der Waals surface area contributed by atoms with Gasteiger partial charge in [-0.05, 0) is 30.2 Å². The second-order valence-electron chi connectivity index (χ2n) is 6.02. The highest BCUT2D eigenvalue weighted by molar-refractivity contribution is 5.58. The summed E-state index contributed by atoms with van der Waals surface area (Å²) in [4.78, 5) is 0. The molecule has 0 amide bonds. The first-order valence-electron chi connectivity index (χ1n) is 7.97. The van der Waals surface area contributed by atoms with Gasteiger partial charge in [-0.15, -0.1) is 0 Å². The normalized spacial score (nSPS) is 20.6. The lowest BCUT2D eigenvalue weighted by molar-refractivity contribution is -0.112. The highest BCUT2D eigenvalue weighted by atomic mass is 16.7. The number of para-hydroxylation sites is 1. The van der Waals surface area contributed by atoms with Gasteiger partial charge >= 0.3 is 0 Å². The van der Waals surface area contributed by atoms with Gasteiger partial charge in [0.05, 0.1) is 27.8 Å². The second-order valence-corrected chi connectivity index (χ2v) is 6.02. The molecule has 2 aliphatic heterocycles. The standard InChI is InChI=1S/C19H20O5/c1-20-14-7-8-16(22-3)18-13(14)11-19(24-18)10-9-12-5-4-6-15(21-2)17(12)23-19/h4-8H,9-11H2,1-3H3. The zero-order valence-electron chi connectivity index (χ0n) is 14.0. The highest BCUT2D eigenvalue weighted by Crippen LogP contribution is 2.51. The predicted molar refractivity (Wildman–Crippen MR) is 88.6 cm³/mol. The van der Waals surface area contributed by atoms with Crippen molar-refractivity contribution in [1.29, 1.82) is 0 Å². The van der Waals surface area contributed by atoms with E-state index in [1.807, 2.05) is 24.3 Å². The van der Waals surface area contributed by atoms with Crippen LogP contribution < -0.4 is 23.7 Å². The number of methoxy groups -OCH3 is 3. The fourth-order valence-electron chi connectivity index (χ4n) is 3.50. The SMILES string of the molecule is COc1ccc(OC)c2c1CC1(CCc3cccc(OC)c3O1)O2. The maximum atomic E-state index is 6.33. The number of fused-ring (bicyclic) bond motifs is 2. The number of hydrogen-bond donors (Lipinski definition) is 0. The van der Waals surface area contributed by atoms with Gasteiger partial charge in [0.15, 0.2) is 23.0 Å². The van der Waals surface area contributed by atoms with Crippen molar-refractivity contribution < 1.29 is 23.7 Å². The van der Waals surface area contributed by atoms with Gasteiger partial charge in [0.1, 0.15) is 5.75 Å². The van der Waals surface area contributed by atoms with Crippen LogP contribution in [0.2, 0.25) is 0 Å². The first-order chi connectivity index (χ1) is 11.7. The van der Waals surface area contributed by atoms with Gasteiger partial charge in [-0.25, -0.2) is 0 Å². The fraction of sp³-hybridized carbons (Fsp3) is 0.368. The molecular formula is C19H20O5. The van der Waals surface area contributed by atoms with Crippen molar-refractivity contribution in [3.05, 3.63) is 41.5 Å². The van der Waals surface area contributed by atoms with Gasteiger partial charge in [0.2, 0.25) is 0 Å². The Morgan fingerprint density at radius 1 is 0.833 bits per heavy atom. The van der Waals surface area contributed by atoms with Gasteiger partial charge < -0.3 is 23.7 Å². The molecule has 0 bridgehead atoms. The molecule has 0 radical (unpaired) electrons. The summed E-state index contributed by atoms with van der Waals surface area (Å²) in [6.45, 7) is 0. The Balaban J connectivity index is 1.74. The lowest BCUT2D eigenvalue weighted by Crippen LogP contribution is -2.44. The van der Waals surface area contributed by atoms with Crippen molar-refractivity contribution >= 4 is 0 Å². The quantitative estimate of drug-likeness (QED) is 0.864. The van der Waals surface area contributed by atoms with Crippen LogP contribution in [0.25, 0.3) is 0 Å². The molecule has 0 aliphatic carbocycles. The van der Waals surface area contributed by atoms with Gasteiger partial charge in [-0.3, -0.25) is 0 Å². The van der Waals surface area contributed by atoms with Crippen LogP contribution in [0, 0.1) is 0 Å². The van der Waals surface area contributed by atoms with Gasteiger partial charge in [-0.1, -0.05) is 12.1 Å². The number of rotatable bonds is 3. The molecule has 5 heteroatoms. The molecule has 2 aliphatic rings. The Bertz CT molecular complexity index is 736. The zero-order chi connectivity index (χ0) is 16.7. The maximum Gasteiger partial charge on any atom is 0.256 e. The smallest absolute Gasteiger partial charge is 0.256 e. The molecule has 0 aromatic heterocycles. The van der Waals surface area contributed by atoms with Crippen molar-refractivity contribution in [2.75, 3.05) is 21.3 Å². The second kappa shape index (κ2) is 5.51. The van der Waals surface area contributed by atoms with Crippen molar-refractivity contribution in [3.8, 4) is 28.7 Å². The Labute approximate surface area is 141 Å². The van der Waals surface area contributed by atoms with Crippen molar-refractivity contribution in [3.63, 3.8) is 0 Å². The fourth-order valence-corrected chi connectivity index (χ4v) is 3.50. The minimum Gasteiger partial charge on any atom is -0.496 e. The van der Waals surface area contributed by atoms with Crippen LogP contribution in [0.4, 0.5) is 0 Å². The van der Waals surface area contributed by atoms with Crippen LogP contribution in [0.5, 0.6) is 28.7 Å². The molecule has 2 aromatic rings. The summed E-state index contributed by atoms with van der Waals surface area (Å²) in [5.41, 5.74) is 2.12. The third-order valence-corrected chi connectivity index (χ3v) is 4.70. The average Bonchev–Trinajstić information content (AvgIpc) is 2.98. The molecule has 0 saturated carbocycles. The van der Waals surface area contributed by atoms with Gasteiger partial charge in [0, 0.05) is 12.0 Å². The van der Waals surface area contributed by atoms with E-state index >= 15 is 0 Å². The van der Waals surface area contributed by atoms with E-state index < -0.39 is 5.79 Å². The third-order valence-electron chi connectivity index (χ3n) is 4.70. The summed E-state index contributed by atoms with van der Waals surface area (Å²) in [6.07, 6.45) is 2.24. The predicted octanol–water partition coefficient (Wildman–Crippen LogP) is 3.37. The Morgan fingerprint density at radius 3 is 2.25 bits per heavy atom. The van der Waals surface area contributed by atoms with Crippen molar-refractivity contribution in [1.82, 2.24) is 0 Å². The third kappa shape index (κ3) is 2.15. The first kappa shape index (κ1) is 15.0.